The Labute approximate surface area is 87.6 Å². The Balaban J connectivity index is 2.59. The monoisotopic (exact) mass is 191 g/mol. The topological polar surface area (TPSA) is 12.9 Å². The van der Waals surface area contributed by atoms with Gasteiger partial charge in [0, 0.05) is 11.4 Å². The van der Waals surface area contributed by atoms with Crippen molar-refractivity contribution in [2.75, 3.05) is 0 Å². The predicted molar refractivity (Wildman–Crippen MR) is 61.4 cm³/mol. The molecular weight excluding hydrogens is 170 g/mol. The Morgan fingerprint density at radius 2 is 1.93 bits per heavy atom. The summed E-state index contributed by atoms with van der Waals surface area (Å²) < 4.78 is 0. The molecule has 0 spiro atoms. The van der Waals surface area contributed by atoms with Gasteiger partial charge in [0.2, 0.25) is 0 Å². The second-order valence-corrected chi connectivity index (χ2v) is 4.32. The van der Waals surface area contributed by atoms with E-state index in [1.165, 1.54) is 24.2 Å². The minimum absolute atomic E-state index is 0.698. The molecule has 14 heavy (non-hydrogen) atoms. The average Bonchev–Trinajstić information content (AvgIpc) is 2.14. The van der Waals surface area contributed by atoms with Crippen LogP contribution < -0.4 is 0 Å². The van der Waals surface area contributed by atoms with Crippen LogP contribution in [0.15, 0.2) is 18.2 Å². The van der Waals surface area contributed by atoms with E-state index in [0.717, 1.165) is 12.8 Å². The van der Waals surface area contributed by atoms with Crippen LogP contribution in [0.25, 0.3) is 0 Å². The lowest BCUT2D eigenvalue weighted by atomic mass is 10.1. The fourth-order valence-electron chi connectivity index (χ4n) is 1.56. The first-order chi connectivity index (χ1) is 6.72. The highest BCUT2D eigenvalue weighted by Crippen LogP contribution is 2.08. The summed E-state index contributed by atoms with van der Waals surface area (Å²) in [5.74, 6) is 0.698. The minimum atomic E-state index is 0.698. The molecule has 0 atom stereocenters. The van der Waals surface area contributed by atoms with Crippen LogP contribution in [0.3, 0.4) is 0 Å². The molecule has 0 aliphatic rings. The van der Waals surface area contributed by atoms with Crippen LogP contribution in [0.1, 0.15) is 45.0 Å². The van der Waals surface area contributed by atoms with Crippen molar-refractivity contribution < 1.29 is 0 Å². The quantitative estimate of drug-likeness (QED) is 0.692. The second-order valence-electron chi connectivity index (χ2n) is 4.32. The molecule has 0 aliphatic heterocycles. The molecule has 0 saturated carbocycles. The lowest BCUT2D eigenvalue weighted by molar-refractivity contribution is 0.631. The summed E-state index contributed by atoms with van der Waals surface area (Å²) in [5, 5.41) is 0. The van der Waals surface area contributed by atoms with Crippen LogP contribution in [-0.4, -0.2) is 4.98 Å². The number of aromatic nitrogens is 1. The van der Waals surface area contributed by atoms with Crippen molar-refractivity contribution >= 4 is 0 Å². The molecule has 0 bridgehead atoms. The predicted octanol–water partition coefficient (Wildman–Crippen LogP) is 3.62. The first-order valence-electron chi connectivity index (χ1n) is 5.67. The molecule has 0 saturated heterocycles. The van der Waals surface area contributed by atoms with Crippen LogP contribution in [0, 0.1) is 5.92 Å². The van der Waals surface area contributed by atoms with Gasteiger partial charge < -0.3 is 0 Å². The van der Waals surface area contributed by atoms with Crippen LogP contribution in [-0.2, 0) is 12.8 Å². The third-order valence-corrected chi connectivity index (χ3v) is 2.27. The van der Waals surface area contributed by atoms with Gasteiger partial charge in [-0.3, -0.25) is 4.98 Å². The molecule has 0 radical (unpaired) electrons. The summed E-state index contributed by atoms with van der Waals surface area (Å²) in [4.78, 5) is 4.65. The molecule has 0 amide bonds. The molecule has 1 heteroatoms. The maximum atomic E-state index is 4.65. The van der Waals surface area contributed by atoms with E-state index < -0.39 is 0 Å². The number of rotatable bonds is 5. The summed E-state index contributed by atoms with van der Waals surface area (Å²) >= 11 is 0. The summed E-state index contributed by atoms with van der Waals surface area (Å²) in [6.45, 7) is 6.69. The Hall–Kier alpha value is -0.850. The van der Waals surface area contributed by atoms with E-state index in [-0.39, 0.29) is 0 Å². The van der Waals surface area contributed by atoms with Crippen molar-refractivity contribution in [1.29, 1.82) is 0 Å². The molecule has 1 heterocycles. The number of nitrogens with zero attached hydrogens (tertiary/aromatic N) is 1. The lowest BCUT2D eigenvalue weighted by Crippen LogP contribution is -1.99. The third-order valence-electron chi connectivity index (χ3n) is 2.27. The molecule has 1 nitrogen and oxygen atoms in total. The molecule has 78 valence electrons. The average molecular weight is 191 g/mol. The first kappa shape index (κ1) is 11.2. The zero-order valence-corrected chi connectivity index (χ0v) is 9.59. The molecule has 0 fully saturated rings. The highest BCUT2D eigenvalue weighted by Gasteiger charge is 2.00. The van der Waals surface area contributed by atoms with Gasteiger partial charge in [0.15, 0.2) is 0 Å². The van der Waals surface area contributed by atoms with E-state index in [1.807, 2.05) is 0 Å². The maximum Gasteiger partial charge on any atom is 0.0409 e. The van der Waals surface area contributed by atoms with Gasteiger partial charge in [-0.15, -0.1) is 0 Å². The van der Waals surface area contributed by atoms with Gasteiger partial charge in [0.05, 0.1) is 0 Å². The highest BCUT2D eigenvalue weighted by atomic mass is 14.7. The Morgan fingerprint density at radius 1 is 1.21 bits per heavy atom. The molecular formula is C13H21N. The molecule has 0 aliphatic carbocycles. The Kier molecular flexibility index (Phi) is 4.64. The molecule has 1 aromatic heterocycles. The van der Waals surface area contributed by atoms with Crippen LogP contribution in [0.2, 0.25) is 0 Å². The lowest BCUT2D eigenvalue weighted by Gasteiger charge is -2.06. The van der Waals surface area contributed by atoms with Gasteiger partial charge in [-0.2, -0.15) is 0 Å². The van der Waals surface area contributed by atoms with E-state index in [1.54, 1.807) is 0 Å². The van der Waals surface area contributed by atoms with Gasteiger partial charge in [-0.05, 0) is 37.3 Å². The number of hydrogen-bond acceptors (Lipinski definition) is 1. The van der Waals surface area contributed by atoms with Gasteiger partial charge in [0.1, 0.15) is 0 Å². The summed E-state index contributed by atoms with van der Waals surface area (Å²) in [6, 6.07) is 6.41. The van der Waals surface area contributed by atoms with Crippen molar-refractivity contribution in [3.8, 4) is 0 Å². The van der Waals surface area contributed by atoms with Crippen molar-refractivity contribution in [3.05, 3.63) is 29.6 Å². The Bertz CT molecular complexity index is 266. The highest BCUT2D eigenvalue weighted by molar-refractivity contribution is 5.11. The second kappa shape index (κ2) is 5.79. The van der Waals surface area contributed by atoms with E-state index in [0.29, 0.717) is 5.92 Å². The molecule has 0 aromatic carbocycles. The van der Waals surface area contributed by atoms with Gasteiger partial charge in [0.25, 0.3) is 0 Å². The number of hydrogen-bond donors (Lipinski definition) is 0. The normalized spacial score (nSPS) is 10.9. The fourth-order valence-corrected chi connectivity index (χ4v) is 1.56. The SMILES string of the molecule is CCCCc1cccc(CC(C)C)n1. The standard InChI is InChI=1S/C13H21N/c1-4-5-7-12-8-6-9-13(14-12)10-11(2)3/h6,8-9,11H,4-5,7,10H2,1-3H3. The molecule has 0 unspecified atom stereocenters. The zero-order valence-electron chi connectivity index (χ0n) is 9.59. The van der Waals surface area contributed by atoms with Gasteiger partial charge in [-0.1, -0.05) is 33.3 Å². The third kappa shape index (κ3) is 3.91. The molecule has 1 rings (SSSR count). The summed E-state index contributed by atoms with van der Waals surface area (Å²) in [6.07, 6.45) is 4.72. The van der Waals surface area contributed by atoms with Crippen molar-refractivity contribution in [2.24, 2.45) is 5.92 Å². The van der Waals surface area contributed by atoms with Gasteiger partial charge >= 0.3 is 0 Å². The number of unbranched alkanes of at least 4 members (excludes halogenated alkanes) is 1. The Morgan fingerprint density at radius 3 is 2.57 bits per heavy atom. The van der Waals surface area contributed by atoms with E-state index >= 15 is 0 Å². The largest absolute Gasteiger partial charge is 0.258 e. The van der Waals surface area contributed by atoms with Crippen molar-refractivity contribution in [1.82, 2.24) is 4.98 Å². The van der Waals surface area contributed by atoms with Gasteiger partial charge in [-0.25, -0.2) is 0 Å². The van der Waals surface area contributed by atoms with Crippen LogP contribution in [0.4, 0.5) is 0 Å². The smallest absolute Gasteiger partial charge is 0.0409 e. The minimum Gasteiger partial charge on any atom is -0.258 e. The van der Waals surface area contributed by atoms with E-state index in [9.17, 15) is 0 Å². The number of aryl methyl sites for hydroxylation is 1. The maximum absolute atomic E-state index is 4.65. The molecule has 1 aromatic rings. The van der Waals surface area contributed by atoms with Crippen molar-refractivity contribution in [2.45, 2.75) is 46.5 Å². The van der Waals surface area contributed by atoms with Crippen LogP contribution >= 0.6 is 0 Å². The van der Waals surface area contributed by atoms with E-state index in [2.05, 4.69) is 44.0 Å². The van der Waals surface area contributed by atoms with E-state index in [4.69, 9.17) is 0 Å². The molecule has 0 N–H and O–H groups in total. The van der Waals surface area contributed by atoms with Crippen LogP contribution in [0.5, 0.6) is 0 Å². The summed E-state index contributed by atoms with van der Waals surface area (Å²) in [5.41, 5.74) is 2.50. The zero-order chi connectivity index (χ0) is 10.4. The van der Waals surface area contributed by atoms with Crippen molar-refractivity contribution in [3.63, 3.8) is 0 Å². The first-order valence-corrected chi connectivity index (χ1v) is 5.67. The number of pyridine rings is 1. The fraction of sp³-hybridized carbons (Fsp3) is 0.615. The summed E-state index contributed by atoms with van der Waals surface area (Å²) in [7, 11) is 0.